The molecule has 0 bridgehead atoms. The first-order valence-corrected chi connectivity index (χ1v) is 12.4. The molecule has 0 radical (unpaired) electrons. The lowest BCUT2D eigenvalue weighted by Crippen LogP contribution is -2.29. The number of ether oxygens (including phenoxy) is 1. The van der Waals surface area contributed by atoms with E-state index in [4.69, 9.17) is 17.0 Å². The predicted molar refractivity (Wildman–Crippen MR) is 148 cm³/mol. The molecule has 0 aliphatic carbocycles. The van der Waals surface area contributed by atoms with Crippen molar-refractivity contribution in [2.24, 2.45) is 0 Å². The highest BCUT2D eigenvalue weighted by Crippen LogP contribution is 2.44. The molecule has 10 heteroatoms. The van der Waals surface area contributed by atoms with Gasteiger partial charge in [0.25, 0.3) is 5.69 Å². The maximum absolute atomic E-state index is 14.2. The van der Waals surface area contributed by atoms with Gasteiger partial charge in [-0.1, -0.05) is 6.07 Å². The van der Waals surface area contributed by atoms with E-state index in [0.29, 0.717) is 22.1 Å². The molecule has 1 aliphatic heterocycles. The van der Waals surface area contributed by atoms with Crippen LogP contribution in [-0.2, 0) is 0 Å². The van der Waals surface area contributed by atoms with Crippen LogP contribution >= 0.6 is 12.2 Å². The minimum atomic E-state index is -0.410. The molecular formula is C28H26FN5O3S. The third kappa shape index (κ3) is 4.26. The van der Waals surface area contributed by atoms with E-state index < -0.39 is 4.92 Å². The molecule has 2 aromatic heterocycles. The number of aromatic nitrogens is 2. The van der Waals surface area contributed by atoms with Crippen LogP contribution in [0.3, 0.4) is 0 Å². The Labute approximate surface area is 224 Å². The Balaban J connectivity index is 1.71. The number of benzene rings is 2. The van der Waals surface area contributed by atoms with Gasteiger partial charge in [-0.05, 0) is 92.6 Å². The molecule has 2 atom stereocenters. The second-order valence-corrected chi connectivity index (χ2v) is 9.59. The largest absolute Gasteiger partial charge is 0.496 e. The lowest BCUT2D eigenvalue weighted by molar-refractivity contribution is -0.384. The second kappa shape index (κ2) is 9.86. The fourth-order valence-electron chi connectivity index (χ4n) is 5.15. The number of hydrogen-bond acceptors (Lipinski definition) is 5. The molecule has 1 fully saturated rings. The molecule has 38 heavy (non-hydrogen) atoms. The molecule has 194 valence electrons. The molecule has 5 rings (SSSR count). The van der Waals surface area contributed by atoms with Gasteiger partial charge in [-0.25, -0.2) is 4.39 Å². The Morgan fingerprint density at radius 1 is 1.11 bits per heavy atom. The third-order valence-corrected chi connectivity index (χ3v) is 7.24. The van der Waals surface area contributed by atoms with Crippen molar-refractivity contribution in [1.82, 2.24) is 14.9 Å². The highest BCUT2D eigenvalue weighted by Gasteiger charge is 2.42. The first-order chi connectivity index (χ1) is 18.2. The molecular weight excluding hydrogens is 505 g/mol. The van der Waals surface area contributed by atoms with Crippen molar-refractivity contribution in [2.75, 3.05) is 12.0 Å². The molecule has 3 heterocycles. The number of aryl methyl sites for hydroxylation is 2. The summed E-state index contributed by atoms with van der Waals surface area (Å²) < 4.78 is 21.3. The number of pyridine rings is 1. The van der Waals surface area contributed by atoms with Gasteiger partial charge in [-0.2, -0.15) is 0 Å². The van der Waals surface area contributed by atoms with Gasteiger partial charge in [0.2, 0.25) is 0 Å². The number of rotatable bonds is 6. The van der Waals surface area contributed by atoms with E-state index in [1.807, 2.05) is 47.6 Å². The number of halogens is 1. The summed E-state index contributed by atoms with van der Waals surface area (Å²) in [6.45, 7) is 5.56. The van der Waals surface area contributed by atoms with Crippen molar-refractivity contribution in [3.63, 3.8) is 0 Å². The summed E-state index contributed by atoms with van der Waals surface area (Å²) in [6.07, 6.45) is 1.73. The van der Waals surface area contributed by atoms with Crippen molar-refractivity contribution >= 4 is 28.7 Å². The van der Waals surface area contributed by atoms with Gasteiger partial charge in [-0.3, -0.25) is 15.1 Å². The Kier molecular flexibility index (Phi) is 6.58. The Hall–Kier alpha value is -4.31. The normalized spacial score (nSPS) is 17.0. The Morgan fingerprint density at radius 2 is 1.89 bits per heavy atom. The van der Waals surface area contributed by atoms with E-state index in [-0.39, 0.29) is 23.6 Å². The lowest BCUT2D eigenvalue weighted by Gasteiger charge is -2.28. The number of methoxy groups -OCH3 is 1. The fraction of sp³-hybridized carbons (Fsp3) is 0.214. The summed E-state index contributed by atoms with van der Waals surface area (Å²) in [5.41, 5.74) is 4.96. The van der Waals surface area contributed by atoms with Crippen molar-refractivity contribution in [3.8, 4) is 11.4 Å². The summed E-state index contributed by atoms with van der Waals surface area (Å²) in [6, 6.07) is 16.8. The maximum Gasteiger partial charge on any atom is 0.296 e. The highest BCUT2D eigenvalue weighted by atomic mass is 32.1. The minimum Gasteiger partial charge on any atom is -0.496 e. The van der Waals surface area contributed by atoms with Crippen LogP contribution in [0, 0.1) is 36.7 Å². The fourth-order valence-corrected chi connectivity index (χ4v) is 5.50. The van der Waals surface area contributed by atoms with E-state index in [0.717, 1.165) is 28.3 Å². The first-order valence-electron chi connectivity index (χ1n) is 12.0. The first kappa shape index (κ1) is 25.3. The molecule has 2 aromatic carbocycles. The van der Waals surface area contributed by atoms with Gasteiger partial charge in [0.15, 0.2) is 5.11 Å². The van der Waals surface area contributed by atoms with Gasteiger partial charge < -0.3 is 19.5 Å². The van der Waals surface area contributed by atoms with E-state index in [1.54, 1.807) is 37.4 Å². The van der Waals surface area contributed by atoms with Crippen LogP contribution in [0.2, 0.25) is 0 Å². The van der Waals surface area contributed by atoms with Gasteiger partial charge in [0.05, 0.1) is 35.9 Å². The quantitative estimate of drug-likeness (QED) is 0.185. The number of nitrogens with zero attached hydrogens (tertiary/aromatic N) is 4. The molecule has 0 saturated carbocycles. The molecule has 1 aliphatic rings. The minimum absolute atomic E-state index is 0.0648. The summed E-state index contributed by atoms with van der Waals surface area (Å²) in [5.74, 6) is 0.108. The Bertz CT molecular complexity index is 1560. The molecule has 1 saturated heterocycles. The number of nitrogens with one attached hydrogen (secondary N) is 1. The average Bonchev–Trinajstić information content (AvgIpc) is 3.40. The summed E-state index contributed by atoms with van der Waals surface area (Å²) in [5, 5.41) is 15.9. The molecule has 0 unspecified atom stereocenters. The van der Waals surface area contributed by atoms with Crippen LogP contribution in [-0.4, -0.2) is 26.7 Å². The van der Waals surface area contributed by atoms with E-state index in [9.17, 15) is 14.5 Å². The van der Waals surface area contributed by atoms with Crippen LogP contribution in [0.4, 0.5) is 15.8 Å². The standard InChI is InChI=1S/C28H26FN5O3S/c1-16-13-19(8-10-22(16)29)33-27(26(31-28(33)38)23-7-5-6-12-30-23)21-14-17(2)32(18(21)3)24-11-9-20(37-4)15-25(24)34(35)36/h5-15,26-27H,1-4H3,(H,31,38)/t26-,27+/m1/s1. The van der Waals surface area contributed by atoms with Crippen molar-refractivity contribution in [3.05, 3.63) is 111 Å². The highest BCUT2D eigenvalue weighted by molar-refractivity contribution is 7.80. The SMILES string of the molecule is COc1ccc(-n2c(C)cc([C@H]3[C@@H](c4ccccn4)NC(=S)N3c3ccc(F)c(C)c3)c2C)c([N+](=O)[O-])c1. The summed E-state index contributed by atoms with van der Waals surface area (Å²) in [7, 11) is 1.47. The number of thiocarbonyl (C=S) groups is 1. The zero-order valence-electron chi connectivity index (χ0n) is 21.3. The van der Waals surface area contributed by atoms with Crippen molar-refractivity contribution in [1.29, 1.82) is 0 Å². The third-order valence-electron chi connectivity index (χ3n) is 6.93. The second-order valence-electron chi connectivity index (χ2n) is 9.20. The van der Waals surface area contributed by atoms with Crippen molar-refractivity contribution in [2.45, 2.75) is 32.9 Å². The number of nitro benzene ring substituents is 1. The van der Waals surface area contributed by atoms with Crippen molar-refractivity contribution < 1.29 is 14.1 Å². The zero-order chi connectivity index (χ0) is 27.1. The van der Waals surface area contributed by atoms with Crippen LogP contribution < -0.4 is 15.0 Å². The molecule has 0 amide bonds. The van der Waals surface area contributed by atoms with Gasteiger partial charge in [-0.15, -0.1) is 0 Å². The van der Waals surface area contributed by atoms with Gasteiger partial charge in [0, 0.05) is 23.3 Å². The molecule has 0 spiro atoms. The summed E-state index contributed by atoms with van der Waals surface area (Å²) >= 11 is 5.80. The number of anilines is 1. The van der Waals surface area contributed by atoms with Gasteiger partial charge in [0.1, 0.15) is 17.3 Å². The van der Waals surface area contributed by atoms with Gasteiger partial charge >= 0.3 is 0 Å². The number of hydrogen-bond donors (Lipinski definition) is 1. The zero-order valence-corrected chi connectivity index (χ0v) is 22.1. The lowest BCUT2D eigenvalue weighted by atomic mass is 9.96. The number of nitro groups is 1. The van der Waals surface area contributed by atoms with Crippen LogP contribution in [0.1, 0.15) is 40.3 Å². The van der Waals surface area contributed by atoms with E-state index >= 15 is 0 Å². The Morgan fingerprint density at radius 3 is 2.55 bits per heavy atom. The maximum atomic E-state index is 14.2. The molecule has 8 nitrogen and oxygen atoms in total. The topological polar surface area (TPSA) is 85.5 Å². The average molecular weight is 532 g/mol. The van der Waals surface area contributed by atoms with Crippen LogP contribution in [0.25, 0.3) is 5.69 Å². The predicted octanol–water partition coefficient (Wildman–Crippen LogP) is 6.03. The summed E-state index contributed by atoms with van der Waals surface area (Å²) in [4.78, 5) is 18.1. The monoisotopic (exact) mass is 531 g/mol. The smallest absolute Gasteiger partial charge is 0.296 e. The molecule has 1 N–H and O–H groups in total. The molecule has 4 aromatic rings. The van der Waals surface area contributed by atoms with Crippen LogP contribution in [0.15, 0.2) is 66.9 Å². The van der Waals surface area contributed by atoms with Crippen LogP contribution in [0.5, 0.6) is 5.75 Å². The van der Waals surface area contributed by atoms with E-state index in [2.05, 4.69) is 10.3 Å². The van der Waals surface area contributed by atoms with E-state index in [1.165, 1.54) is 19.2 Å².